The van der Waals surface area contributed by atoms with E-state index in [1.54, 1.807) is 0 Å². The fourth-order valence-corrected chi connectivity index (χ4v) is 5.17. The van der Waals surface area contributed by atoms with Crippen LogP contribution in [0.1, 0.15) is 63.4 Å². The monoisotopic (exact) mass is 473 g/mol. The molecule has 0 bridgehead atoms. The summed E-state index contributed by atoms with van der Waals surface area (Å²) in [7, 11) is 0. The van der Waals surface area contributed by atoms with Gasteiger partial charge >= 0.3 is 0 Å². The van der Waals surface area contributed by atoms with Crippen molar-refractivity contribution in [2.24, 2.45) is 0 Å². The van der Waals surface area contributed by atoms with E-state index in [9.17, 15) is 0 Å². The van der Waals surface area contributed by atoms with Gasteiger partial charge in [0.15, 0.2) is 0 Å². The molecule has 5 heterocycles. The molecule has 0 saturated heterocycles. The Balaban J connectivity index is 1.48. The van der Waals surface area contributed by atoms with Gasteiger partial charge in [0.1, 0.15) is 11.3 Å². The number of nitrogens with zero attached hydrogens (tertiary/aromatic N) is 5. The van der Waals surface area contributed by atoms with Crippen LogP contribution in [0.5, 0.6) is 0 Å². The molecule has 6 aromatic rings. The van der Waals surface area contributed by atoms with E-state index < -0.39 is 0 Å². The Morgan fingerprint density at radius 1 is 0.778 bits per heavy atom. The van der Waals surface area contributed by atoms with Crippen molar-refractivity contribution in [3.8, 4) is 22.4 Å². The SMILES string of the molecule is CCc1cnc2cc(-c3cn4c(C(C)C)cc(-c5ccc6c(C(C)C)ccnc6c5)cc4n3)ccn12. The van der Waals surface area contributed by atoms with Gasteiger partial charge in [0, 0.05) is 47.1 Å². The molecule has 6 rings (SSSR count). The van der Waals surface area contributed by atoms with E-state index in [0.717, 1.165) is 40.1 Å². The van der Waals surface area contributed by atoms with Crippen molar-refractivity contribution in [2.45, 2.75) is 52.9 Å². The zero-order chi connectivity index (χ0) is 25.0. The van der Waals surface area contributed by atoms with Crippen molar-refractivity contribution >= 4 is 22.2 Å². The molecule has 0 fully saturated rings. The number of hydrogen-bond donors (Lipinski definition) is 0. The van der Waals surface area contributed by atoms with Crippen molar-refractivity contribution in [2.75, 3.05) is 0 Å². The summed E-state index contributed by atoms with van der Waals surface area (Å²) in [5, 5.41) is 1.23. The summed E-state index contributed by atoms with van der Waals surface area (Å²) >= 11 is 0. The van der Waals surface area contributed by atoms with Gasteiger partial charge in [0.25, 0.3) is 0 Å². The minimum Gasteiger partial charge on any atom is -0.304 e. The third-order valence-corrected chi connectivity index (χ3v) is 7.17. The molecule has 36 heavy (non-hydrogen) atoms. The van der Waals surface area contributed by atoms with Crippen molar-refractivity contribution < 1.29 is 0 Å². The molecular weight excluding hydrogens is 442 g/mol. The topological polar surface area (TPSA) is 47.5 Å². The Labute approximate surface area is 211 Å². The van der Waals surface area contributed by atoms with Gasteiger partial charge in [-0.1, -0.05) is 46.8 Å². The third-order valence-electron chi connectivity index (χ3n) is 7.17. The minimum absolute atomic E-state index is 0.350. The fourth-order valence-electron chi connectivity index (χ4n) is 5.17. The van der Waals surface area contributed by atoms with Crippen molar-refractivity contribution in [1.29, 1.82) is 0 Å². The van der Waals surface area contributed by atoms with E-state index in [0.29, 0.717) is 11.8 Å². The molecular formula is C31H31N5. The Bertz CT molecular complexity index is 1740. The molecule has 180 valence electrons. The normalized spacial score (nSPS) is 12.1. The molecule has 0 aliphatic rings. The summed E-state index contributed by atoms with van der Waals surface area (Å²) in [5.41, 5.74) is 11.1. The summed E-state index contributed by atoms with van der Waals surface area (Å²) in [6.45, 7) is 11.1. The average molecular weight is 474 g/mol. The molecule has 5 aromatic heterocycles. The molecule has 0 atom stereocenters. The second kappa shape index (κ2) is 8.59. The average Bonchev–Trinajstić information content (AvgIpc) is 3.50. The van der Waals surface area contributed by atoms with Crippen molar-refractivity contribution in [3.63, 3.8) is 0 Å². The molecule has 5 heteroatoms. The second-order valence-corrected chi connectivity index (χ2v) is 10.2. The second-order valence-electron chi connectivity index (χ2n) is 10.2. The van der Waals surface area contributed by atoms with Crippen LogP contribution in [0.25, 0.3) is 44.6 Å². The quantitative estimate of drug-likeness (QED) is 0.258. The molecule has 5 nitrogen and oxygen atoms in total. The van der Waals surface area contributed by atoms with Gasteiger partial charge in [-0.3, -0.25) is 4.98 Å². The zero-order valence-corrected chi connectivity index (χ0v) is 21.5. The molecule has 1 aromatic carbocycles. The number of benzene rings is 1. The van der Waals surface area contributed by atoms with Gasteiger partial charge in [-0.2, -0.15) is 0 Å². The lowest BCUT2D eigenvalue weighted by Gasteiger charge is -2.13. The van der Waals surface area contributed by atoms with Gasteiger partial charge in [-0.05, 0) is 71.3 Å². The van der Waals surface area contributed by atoms with Crippen LogP contribution in [0.2, 0.25) is 0 Å². The number of fused-ring (bicyclic) bond motifs is 3. The smallest absolute Gasteiger partial charge is 0.138 e. The highest BCUT2D eigenvalue weighted by molar-refractivity contribution is 5.87. The van der Waals surface area contributed by atoms with Gasteiger partial charge < -0.3 is 8.80 Å². The summed E-state index contributed by atoms with van der Waals surface area (Å²) in [6, 6.07) is 17.5. The van der Waals surface area contributed by atoms with Crippen molar-refractivity contribution in [1.82, 2.24) is 23.8 Å². The first-order valence-corrected chi connectivity index (χ1v) is 12.8. The van der Waals surface area contributed by atoms with E-state index in [-0.39, 0.29) is 0 Å². The Morgan fingerprint density at radius 2 is 1.61 bits per heavy atom. The van der Waals surface area contributed by atoms with Crippen LogP contribution in [0.15, 0.2) is 73.3 Å². The lowest BCUT2D eigenvalue weighted by Crippen LogP contribution is -1.99. The largest absolute Gasteiger partial charge is 0.304 e. The van der Waals surface area contributed by atoms with Gasteiger partial charge in [0.2, 0.25) is 0 Å². The van der Waals surface area contributed by atoms with E-state index in [1.165, 1.54) is 27.9 Å². The minimum atomic E-state index is 0.350. The first-order valence-electron chi connectivity index (χ1n) is 12.8. The molecule has 0 amide bonds. The Morgan fingerprint density at radius 3 is 2.39 bits per heavy atom. The predicted molar refractivity (Wildman–Crippen MR) is 148 cm³/mol. The van der Waals surface area contributed by atoms with E-state index >= 15 is 0 Å². The predicted octanol–water partition coefficient (Wildman–Crippen LogP) is 7.67. The Hall–Kier alpha value is -3.99. The van der Waals surface area contributed by atoms with Gasteiger partial charge in [-0.25, -0.2) is 9.97 Å². The van der Waals surface area contributed by atoms with Crippen LogP contribution in [0.4, 0.5) is 0 Å². The lowest BCUT2D eigenvalue weighted by atomic mass is 9.96. The van der Waals surface area contributed by atoms with Crippen LogP contribution in [0.3, 0.4) is 0 Å². The first kappa shape index (κ1) is 22.5. The number of hydrogen-bond acceptors (Lipinski definition) is 3. The first-order chi connectivity index (χ1) is 17.4. The lowest BCUT2D eigenvalue weighted by molar-refractivity contribution is 0.802. The molecule has 0 radical (unpaired) electrons. The van der Waals surface area contributed by atoms with Gasteiger partial charge in [0.05, 0.1) is 11.2 Å². The summed E-state index contributed by atoms with van der Waals surface area (Å²) < 4.78 is 4.38. The maximum atomic E-state index is 5.06. The maximum absolute atomic E-state index is 5.06. The van der Waals surface area contributed by atoms with Crippen LogP contribution in [0, 0.1) is 0 Å². The number of aryl methyl sites for hydroxylation is 1. The Kier molecular flexibility index (Phi) is 5.36. The van der Waals surface area contributed by atoms with Crippen molar-refractivity contribution in [3.05, 3.63) is 90.3 Å². The molecule has 0 saturated carbocycles. The molecule has 0 unspecified atom stereocenters. The van der Waals surface area contributed by atoms with Gasteiger partial charge in [-0.15, -0.1) is 0 Å². The van der Waals surface area contributed by atoms with Crippen LogP contribution in [-0.4, -0.2) is 23.8 Å². The maximum Gasteiger partial charge on any atom is 0.138 e. The molecule has 0 aliphatic carbocycles. The third kappa shape index (κ3) is 3.67. The van der Waals surface area contributed by atoms with E-state index in [1.807, 2.05) is 12.4 Å². The van der Waals surface area contributed by atoms with Crippen LogP contribution in [-0.2, 0) is 6.42 Å². The summed E-state index contributed by atoms with van der Waals surface area (Å²) in [5.74, 6) is 0.811. The summed E-state index contributed by atoms with van der Waals surface area (Å²) in [4.78, 5) is 14.3. The highest BCUT2D eigenvalue weighted by Crippen LogP contribution is 2.32. The van der Waals surface area contributed by atoms with E-state index in [2.05, 4.69) is 114 Å². The number of imidazole rings is 2. The summed E-state index contributed by atoms with van der Waals surface area (Å²) in [6.07, 6.45) is 9.09. The zero-order valence-electron chi connectivity index (χ0n) is 21.5. The van der Waals surface area contributed by atoms with E-state index in [4.69, 9.17) is 4.98 Å². The molecule has 0 spiro atoms. The highest BCUT2D eigenvalue weighted by atomic mass is 15.0. The molecule has 0 aliphatic heterocycles. The van der Waals surface area contributed by atoms with Crippen LogP contribution < -0.4 is 0 Å². The number of rotatable bonds is 5. The number of aromatic nitrogens is 5. The fraction of sp³-hybridized carbons (Fsp3) is 0.258. The number of pyridine rings is 3. The highest BCUT2D eigenvalue weighted by Gasteiger charge is 2.15. The van der Waals surface area contributed by atoms with Crippen LogP contribution >= 0.6 is 0 Å². The standard InChI is InChI=1S/C31H31N5/c1-6-24-17-33-30-15-22(10-12-35(24)30)28-18-36-29(20(4)5)14-23(16-31(36)34-28)21-7-8-26-25(19(2)3)9-11-32-27(26)13-21/h7-20H,6H2,1-5H3. The molecule has 0 N–H and O–H groups in total.